The molecule has 2 aromatic carbocycles. The molecule has 144 valence electrons. The minimum absolute atomic E-state index is 0.0230. The molecule has 1 aliphatic rings. The van der Waals surface area contributed by atoms with Crippen molar-refractivity contribution in [2.75, 3.05) is 6.54 Å². The van der Waals surface area contributed by atoms with Crippen LogP contribution in [0.5, 0.6) is 0 Å². The average Bonchev–Trinajstić information content (AvgIpc) is 3.19. The first kappa shape index (κ1) is 18.3. The summed E-state index contributed by atoms with van der Waals surface area (Å²) in [4.78, 5) is 21.2. The number of aromatic amines is 1. The third kappa shape index (κ3) is 3.65. The number of nitrogens with one attached hydrogen (secondary N) is 1. The first-order valence-electron chi connectivity index (χ1n) is 8.95. The van der Waals surface area contributed by atoms with Crippen molar-refractivity contribution in [1.82, 2.24) is 14.9 Å². The minimum atomic E-state index is -4.34. The minimum Gasteiger partial charge on any atom is -0.348 e. The molecule has 1 aromatic heterocycles. The van der Waals surface area contributed by atoms with Crippen LogP contribution >= 0.6 is 0 Å². The van der Waals surface area contributed by atoms with E-state index in [1.54, 1.807) is 17.4 Å². The van der Waals surface area contributed by atoms with Crippen LogP contribution < -0.4 is 0 Å². The van der Waals surface area contributed by atoms with Crippen LogP contribution in [0.4, 0.5) is 13.2 Å². The Kier molecular flexibility index (Phi) is 4.66. The molecule has 0 unspecified atom stereocenters. The van der Waals surface area contributed by atoms with Crippen LogP contribution in [0.15, 0.2) is 55.0 Å². The summed E-state index contributed by atoms with van der Waals surface area (Å²) >= 11 is 0. The standard InChI is InChI=1S/C21H18F3N3O/c22-21(23,24)16-6-4-14(5-7-16)18-3-1-2-15-12-27(9-8-19(15)18)20(28)10-17-11-25-13-26-17/h1-7,11,13H,8-10,12H2,(H,25,26). The summed E-state index contributed by atoms with van der Waals surface area (Å²) in [5.74, 6) is 0.0230. The fraction of sp³-hybridized carbons (Fsp3) is 0.238. The number of H-pyrrole nitrogens is 1. The van der Waals surface area contributed by atoms with Gasteiger partial charge in [0.25, 0.3) is 0 Å². The van der Waals surface area contributed by atoms with Gasteiger partial charge in [-0.2, -0.15) is 13.2 Å². The Morgan fingerprint density at radius 3 is 2.61 bits per heavy atom. The Hall–Kier alpha value is -3.09. The highest BCUT2D eigenvalue weighted by Crippen LogP contribution is 2.34. The van der Waals surface area contributed by atoms with Gasteiger partial charge in [-0.05, 0) is 40.8 Å². The third-order valence-corrected chi connectivity index (χ3v) is 5.04. The lowest BCUT2D eigenvalue weighted by Crippen LogP contribution is -2.37. The van der Waals surface area contributed by atoms with Gasteiger partial charge in [0.1, 0.15) is 0 Å². The molecule has 1 amide bonds. The quantitative estimate of drug-likeness (QED) is 0.734. The van der Waals surface area contributed by atoms with Gasteiger partial charge in [0.2, 0.25) is 5.91 Å². The molecule has 0 fully saturated rings. The number of benzene rings is 2. The SMILES string of the molecule is O=C(Cc1cnc[nH]1)N1CCc2c(cccc2-c2ccc(C(F)(F)F)cc2)C1. The number of amides is 1. The molecule has 0 saturated carbocycles. The zero-order chi connectivity index (χ0) is 19.7. The van der Waals surface area contributed by atoms with E-state index >= 15 is 0 Å². The van der Waals surface area contributed by atoms with Gasteiger partial charge in [-0.15, -0.1) is 0 Å². The Labute approximate surface area is 160 Å². The fourth-order valence-electron chi connectivity index (χ4n) is 3.59. The van der Waals surface area contributed by atoms with E-state index in [0.717, 1.165) is 40.1 Å². The van der Waals surface area contributed by atoms with Gasteiger partial charge in [0.15, 0.2) is 0 Å². The van der Waals surface area contributed by atoms with E-state index in [0.29, 0.717) is 19.5 Å². The zero-order valence-corrected chi connectivity index (χ0v) is 15.0. The summed E-state index contributed by atoms with van der Waals surface area (Å²) in [5.41, 5.74) is 3.91. The van der Waals surface area contributed by atoms with Gasteiger partial charge in [-0.25, -0.2) is 4.98 Å². The molecule has 0 saturated heterocycles. The molecule has 1 N–H and O–H groups in total. The molecule has 3 aromatic rings. The fourth-order valence-corrected chi connectivity index (χ4v) is 3.59. The smallest absolute Gasteiger partial charge is 0.348 e. The molecule has 28 heavy (non-hydrogen) atoms. The number of hydrogen-bond donors (Lipinski definition) is 1. The maximum absolute atomic E-state index is 12.8. The monoisotopic (exact) mass is 385 g/mol. The van der Waals surface area contributed by atoms with E-state index in [4.69, 9.17) is 0 Å². The van der Waals surface area contributed by atoms with Gasteiger partial charge in [0, 0.05) is 25.0 Å². The zero-order valence-electron chi connectivity index (χ0n) is 15.0. The van der Waals surface area contributed by atoms with E-state index in [2.05, 4.69) is 9.97 Å². The number of rotatable bonds is 3. The highest BCUT2D eigenvalue weighted by Gasteiger charge is 2.30. The lowest BCUT2D eigenvalue weighted by atomic mass is 9.90. The molecule has 0 atom stereocenters. The number of imidazole rings is 1. The van der Waals surface area contributed by atoms with Crippen molar-refractivity contribution < 1.29 is 18.0 Å². The van der Waals surface area contributed by atoms with Crippen LogP contribution in [0.25, 0.3) is 11.1 Å². The normalized spacial score (nSPS) is 14.0. The molecular formula is C21H18F3N3O. The highest BCUT2D eigenvalue weighted by atomic mass is 19.4. The topological polar surface area (TPSA) is 49.0 Å². The van der Waals surface area contributed by atoms with Gasteiger partial charge < -0.3 is 9.88 Å². The molecule has 4 rings (SSSR count). The number of halogens is 3. The van der Waals surface area contributed by atoms with E-state index < -0.39 is 11.7 Å². The van der Waals surface area contributed by atoms with Crippen LogP contribution in [-0.2, 0) is 30.4 Å². The van der Waals surface area contributed by atoms with Gasteiger partial charge in [0.05, 0.1) is 18.3 Å². The Balaban J connectivity index is 1.55. The Bertz CT molecular complexity index is 979. The Morgan fingerprint density at radius 1 is 1.14 bits per heavy atom. The molecule has 0 bridgehead atoms. The van der Waals surface area contributed by atoms with Crippen LogP contribution in [0.2, 0.25) is 0 Å². The molecule has 0 radical (unpaired) electrons. The predicted molar refractivity (Wildman–Crippen MR) is 98.3 cm³/mol. The lowest BCUT2D eigenvalue weighted by molar-refractivity contribution is -0.137. The summed E-state index contributed by atoms with van der Waals surface area (Å²) in [6, 6.07) is 11.0. The van der Waals surface area contributed by atoms with Gasteiger partial charge in [-0.1, -0.05) is 30.3 Å². The number of hydrogen-bond acceptors (Lipinski definition) is 2. The second-order valence-corrected chi connectivity index (χ2v) is 6.84. The van der Waals surface area contributed by atoms with Crippen LogP contribution in [-0.4, -0.2) is 27.3 Å². The number of nitrogens with zero attached hydrogens (tertiary/aromatic N) is 2. The van der Waals surface area contributed by atoms with Gasteiger partial charge >= 0.3 is 6.18 Å². The first-order chi connectivity index (χ1) is 13.4. The van der Waals surface area contributed by atoms with Crippen molar-refractivity contribution in [1.29, 1.82) is 0 Å². The molecular weight excluding hydrogens is 367 g/mol. The van der Waals surface area contributed by atoms with E-state index in [9.17, 15) is 18.0 Å². The van der Waals surface area contributed by atoms with Crippen molar-refractivity contribution in [2.45, 2.75) is 25.6 Å². The van der Waals surface area contributed by atoms with Gasteiger partial charge in [-0.3, -0.25) is 4.79 Å². The van der Waals surface area contributed by atoms with Crippen molar-refractivity contribution in [3.8, 4) is 11.1 Å². The third-order valence-electron chi connectivity index (χ3n) is 5.04. The van der Waals surface area contributed by atoms with Crippen molar-refractivity contribution in [3.63, 3.8) is 0 Å². The largest absolute Gasteiger partial charge is 0.416 e. The molecule has 2 heterocycles. The second-order valence-electron chi connectivity index (χ2n) is 6.84. The predicted octanol–water partition coefficient (Wildman–Crippen LogP) is 4.22. The van der Waals surface area contributed by atoms with Crippen molar-refractivity contribution in [2.24, 2.45) is 0 Å². The maximum atomic E-state index is 12.8. The van der Waals surface area contributed by atoms with Crippen molar-refractivity contribution >= 4 is 5.91 Å². The first-order valence-corrected chi connectivity index (χ1v) is 8.95. The molecule has 4 nitrogen and oxygen atoms in total. The second kappa shape index (κ2) is 7.14. The van der Waals surface area contributed by atoms with E-state index in [1.807, 2.05) is 18.2 Å². The van der Waals surface area contributed by atoms with Crippen LogP contribution in [0, 0.1) is 0 Å². The number of carbonyl (C=O) groups is 1. The average molecular weight is 385 g/mol. The van der Waals surface area contributed by atoms with Crippen LogP contribution in [0.3, 0.4) is 0 Å². The number of fused-ring (bicyclic) bond motifs is 1. The summed E-state index contributed by atoms with van der Waals surface area (Å²) in [5, 5.41) is 0. The molecule has 0 aliphatic carbocycles. The number of carbonyl (C=O) groups excluding carboxylic acids is 1. The number of aromatic nitrogens is 2. The van der Waals surface area contributed by atoms with E-state index in [1.165, 1.54) is 12.1 Å². The van der Waals surface area contributed by atoms with Crippen molar-refractivity contribution in [3.05, 3.63) is 77.4 Å². The molecule has 1 aliphatic heterocycles. The molecule has 0 spiro atoms. The lowest BCUT2D eigenvalue weighted by Gasteiger charge is -2.30. The summed E-state index contributed by atoms with van der Waals surface area (Å²) in [7, 11) is 0. The number of alkyl halides is 3. The van der Waals surface area contributed by atoms with Crippen LogP contribution in [0.1, 0.15) is 22.4 Å². The summed E-state index contributed by atoms with van der Waals surface area (Å²) in [6.45, 7) is 1.08. The maximum Gasteiger partial charge on any atom is 0.416 e. The summed E-state index contributed by atoms with van der Waals surface area (Å²) in [6.07, 6.45) is -0.220. The highest BCUT2D eigenvalue weighted by molar-refractivity contribution is 5.79. The molecule has 7 heteroatoms. The summed E-state index contributed by atoms with van der Waals surface area (Å²) < 4.78 is 38.4. The van der Waals surface area contributed by atoms with E-state index in [-0.39, 0.29) is 12.3 Å². The Morgan fingerprint density at radius 2 is 1.93 bits per heavy atom.